The van der Waals surface area contributed by atoms with Gasteiger partial charge in [0.1, 0.15) is 0 Å². The first-order valence-corrected chi connectivity index (χ1v) is 6.57. The Balaban J connectivity index is 2.07. The van der Waals surface area contributed by atoms with E-state index in [4.69, 9.17) is 5.73 Å². The molecule has 0 atom stereocenters. The van der Waals surface area contributed by atoms with Crippen LogP contribution in [0.15, 0.2) is 28.7 Å². The number of hydrogen-bond acceptors (Lipinski definition) is 1. The SMILES string of the molecule is NCCCCCCCc1ccc(Br)cc1. The van der Waals surface area contributed by atoms with E-state index in [1.165, 1.54) is 44.1 Å². The monoisotopic (exact) mass is 269 g/mol. The summed E-state index contributed by atoms with van der Waals surface area (Å²) in [6.45, 7) is 0.840. The highest BCUT2D eigenvalue weighted by Gasteiger charge is 1.94. The average Bonchev–Trinajstić information content (AvgIpc) is 2.26. The van der Waals surface area contributed by atoms with Crippen LogP contribution in [0.4, 0.5) is 0 Å². The van der Waals surface area contributed by atoms with Crippen LogP contribution in [0.2, 0.25) is 0 Å². The van der Waals surface area contributed by atoms with Crippen LogP contribution >= 0.6 is 15.9 Å². The molecule has 0 spiro atoms. The Bertz CT molecular complexity index is 256. The number of rotatable bonds is 7. The average molecular weight is 270 g/mol. The highest BCUT2D eigenvalue weighted by Crippen LogP contribution is 2.13. The first kappa shape index (κ1) is 12.7. The molecule has 0 aliphatic rings. The summed E-state index contributed by atoms with van der Waals surface area (Å²) in [4.78, 5) is 0. The Morgan fingerprint density at radius 2 is 1.47 bits per heavy atom. The summed E-state index contributed by atoms with van der Waals surface area (Å²) in [7, 11) is 0. The lowest BCUT2D eigenvalue weighted by atomic mass is 10.1. The normalized spacial score (nSPS) is 10.5. The molecule has 0 aromatic heterocycles. The van der Waals surface area contributed by atoms with E-state index in [9.17, 15) is 0 Å². The van der Waals surface area contributed by atoms with Gasteiger partial charge in [0.2, 0.25) is 0 Å². The summed E-state index contributed by atoms with van der Waals surface area (Å²) in [6.07, 6.45) is 7.63. The Morgan fingerprint density at radius 3 is 2.13 bits per heavy atom. The topological polar surface area (TPSA) is 26.0 Å². The number of unbranched alkanes of at least 4 members (excludes halogenated alkanes) is 4. The summed E-state index contributed by atoms with van der Waals surface area (Å²) in [5.41, 5.74) is 6.89. The second kappa shape index (κ2) is 7.89. The molecule has 0 bridgehead atoms. The maximum Gasteiger partial charge on any atom is 0.0175 e. The summed E-state index contributed by atoms with van der Waals surface area (Å²) in [5.74, 6) is 0. The maximum atomic E-state index is 5.44. The van der Waals surface area contributed by atoms with Crippen molar-refractivity contribution in [1.29, 1.82) is 0 Å². The third-order valence-corrected chi connectivity index (χ3v) is 3.11. The van der Waals surface area contributed by atoms with Crippen LogP contribution in [-0.2, 0) is 6.42 Å². The zero-order valence-corrected chi connectivity index (χ0v) is 10.8. The van der Waals surface area contributed by atoms with Gasteiger partial charge in [-0.3, -0.25) is 0 Å². The number of halogens is 1. The van der Waals surface area contributed by atoms with Crippen LogP contribution in [0.3, 0.4) is 0 Å². The van der Waals surface area contributed by atoms with Crippen LogP contribution < -0.4 is 5.73 Å². The number of hydrogen-bond donors (Lipinski definition) is 1. The molecule has 0 amide bonds. The maximum absolute atomic E-state index is 5.44. The Hall–Kier alpha value is -0.340. The summed E-state index contributed by atoms with van der Waals surface area (Å²) in [5, 5.41) is 0. The summed E-state index contributed by atoms with van der Waals surface area (Å²) >= 11 is 3.44. The largest absolute Gasteiger partial charge is 0.330 e. The lowest BCUT2D eigenvalue weighted by Crippen LogP contribution is -1.97. The molecule has 2 N–H and O–H groups in total. The third-order valence-electron chi connectivity index (χ3n) is 2.58. The fraction of sp³-hybridized carbons (Fsp3) is 0.538. The minimum atomic E-state index is 0.840. The molecule has 0 aliphatic heterocycles. The predicted molar refractivity (Wildman–Crippen MR) is 70.0 cm³/mol. The molecule has 84 valence electrons. The quantitative estimate of drug-likeness (QED) is 0.747. The predicted octanol–water partition coefficient (Wildman–Crippen LogP) is 3.90. The standard InChI is InChI=1S/C13H20BrN/c14-13-9-7-12(8-10-13)6-4-2-1-3-5-11-15/h7-10H,1-6,11,15H2. The van der Waals surface area contributed by atoms with Crippen molar-refractivity contribution in [2.45, 2.75) is 38.5 Å². The third kappa shape index (κ3) is 5.95. The van der Waals surface area contributed by atoms with Crippen LogP contribution in [0.1, 0.15) is 37.7 Å². The highest BCUT2D eigenvalue weighted by atomic mass is 79.9. The molecule has 0 heterocycles. The second-order valence-electron chi connectivity index (χ2n) is 3.93. The van der Waals surface area contributed by atoms with Crippen LogP contribution in [0.25, 0.3) is 0 Å². The van der Waals surface area contributed by atoms with Gasteiger partial charge in [0.15, 0.2) is 0 Å². The molecule has 1 aromatic carbocycles. The Labute approximate surface area is 101 Å². The van der Waals surface area contributed by atoms with Crippen LogP contribution in [0.5, 0.6) is 0 Å². The fourth-order valence-electron chi connectivity index (χ4n) is 1.65. The van der Waals surface area contributed by atoms with E-state index in [2.05, 4.69) is 40.2 Å². The molecule has 0 fully saturated rings. The Morgan fingerprint density at radius 1 is 0.867 bits per heavy atom. The first-order valence-electron chi connectivity index (χ1n) is 5.77. The van der Waals surface area contributed by atoms with Crippen molar-refractivity contribution in [3.63, 3.8) is 0 Å². The number of nitrogens with two attached hydrogens (primary N) is 1. The molecule has 1 aromatic rings. The molecule has 15 heavy (non-hydrogen) atoms. The van der Waals surface area contributed by atoms with E-state index >= 15 is 0 Å². The van der Waals surface area contributed by atoms with Crippen LogP contribution in [0, 0.1) is 0 Å². The smallest absolute Gasteiger partial charge is 0.0175 e. The molecular formula is C13H20BrN. The van der Waals surface area contributed by atoms with Crippen molar-refractivity contribution >= 4 is 15.9 Å². The minimum Gasteiger partial charge on any atom is -0.330 e. The molecule has 0 aliphatic carbocycles. The van der Waals surface area contributed by atoms with Crippen molar-refractivity contribution in [1.82, 2.24) is 0 Å². The van der Waals surface area contributed by atoms with Crippen molar-refractivity contribution in [2.24, 2.45) is 5.73 Å². The molecular weight excluding hydrogens is 250 g/mol. The van der Waals surface area contributed by atoms with Gasteiger partial charge in [-0.25, -0.2) is 0 Å². The molecule has 0 radical (unpaired) electrons. The summed E-state index contributed by atoms with van der Waals surface area (Å²) in [6, 6.07) is 8.63. The van der Waals surface area contributed by atoms with Crippen molar-refractivity contribution < 1.29 is 0 Å². The molecule has 0 unspecified atom stereocenters. The van der Waals surface area contributed by atoms with Gasteiger partial charge < -0.3 is 5.73 Å². The van der Waals surface area contributed by atoms with Gasteiger partial charge in [-0.15, -0.1) is 0 Å². The van der Waals surface area contributed by atoms with Gasteiger partial charge in [-0.2, -0.15) is 0 Å². The minimum absolute atomic E-state index is 0.840. The van der Waals surface area contributed by atoms with Gasteiger partial charge in [0.25, 0.3) is 0 Å². The van der Waals surface area contributed by atoms with Crippen LogP contribution in [-0.4, -0.2) is 6.54 Å². The molecule has 0 saturated carbocycles. The summed E-state index contributed by atoms with van der Waals surface area (Å²) < 4.78 is 1.16. The lowest BCUT2D eigenvalue weighted by molar-refractivity contribution is 0.618. The van der Waals surface area contributed by atoms with Crippen molar-refractivity contribution in [3.05, 3.63) is 34.3 Å². The first-order chi connectivity index (χ1) is 7.33. The molecule has 0 saturated heterocycles. The van der Waals surface area contributed by atoms with E-state index in [1.54, 1.807) is 0 Å². The van der Waals surface area contributed by atoms with Crippen molar-refractivity contribution in [3.8, 4) is 0 Å². The van der Waals surface area contributed by atoms with Gasteiger partial charge in [-0.1, -0.05) is 47.3 Å². The lowest BCUT2D eigenvalue weighted by Gasteiger charge is -2.02. The molecule has 2 heteroatoms. The van der Waals surface area contributed by atoms with E-state index in [0.29, 0.717) is 0 Å². The van der Waals surface area contributed by atoms with Gasteiger partial charge in [0, 0.05) is 4.47 Å². The fourth-order valence-corrected chi connectivity index (χ4v) is 1.92. The van der Waals surface area contributed by atoms with E-state index in [0.717, 1.165) is 11.0 Å². The van der Waals surface area contributed by atoms with Gasteiger partial charge in [-0.05, 0) is 43.5 Å². The van der Waals surface area contributed by atoms with Crippen molar-refractivity contribution in [2.75, 3.05) is 6.54 Å². The molecule has 1 rings (SSSR count). The van der Waals surface area contributed by atoms with Gasteiger partial charge >= 0.3 is 0 Å². The van der Waals surface area contributed by atoms with E-state index < -0.39 is 0 Å². The second-order valence-corrected chi connectivity index (χ2v) is 4.85. The molecule has 1 nitrogen and oxygen atoms in total. The van der Waals surface area contributed by atoms with E-state index in [-0.39, 0.29) is 0 Å². The number of benzene rings is 1. The highest BCUT2D eigenvalue weighted by molar-refractivity contribution is 9.10. The zero-order chi connectivity index (χ0) is 10.9. The number of aryl methyl sites for hydroxylation is 1. The zero-order valence-electron chi connectivity index (χ0n) is 9.21. The van der Waals surface area contributed by atoms with E-state index in [1.807, 2.05) is 0 Å². The Kier molecular flexibility index (Phi) is 6.69. The van der Waals surface area contributed by atoms with Gasteiger partial charge in [0.05, 0.1) is 0 Å².